The molecule has 0 N–H and O–H groups in total. The van der Waals surface area contributed by atoms with Crippen LogP contribution in [-0.2, 0) is 63.2 Å². The number of hydrogen-bond acceptors (Lipinski definition) is 10. The molecule has 121 heavy (non-hydrogen) atoms. The van der Waals surface area contributed by atoms with E-state index in [-0.39, 0.29) is 63.2 Å². The Morgan fingerprint density at radius 3 is 1.05 bits per heavy atom. The number of furan rings is 1. The van der Waals surface area contributed by atoms with Crippen LogP contribution >= 0.6 is 0 Å². The van der Waals surface area contributed by atoms with Crippen LogP contribution in [0.25, 0.3) is 123 Å². The molecule has 0 aliphatic heterocycles. The quantitative estimate of drug-likeness (QED) is 0.0769. The number of rotatable bonds is 18. The first-order chi connectivity index (χ1) is 58.4. The van der Waals surface area contributed by atoms with Crippen molar-refractivity contribution in [3.05, 3.63) is 375 Å². The van der Waals surface area contributed by atoms with Gasteiger partial charge in [0, 0.05) is 29.0 Å². The Balaban J connectivity index is 0.000000140. The first-order valence-corrected chi connectivity index (χ1v) is 41.4. The third-order valence-electron chi connectivity index (χ3n) is 22.6. The van der Waals surface area contributed by atoms with Gasteiger partial charge in [-0.1, -0.05) is 197 Å². The van der Waals surface area contributed by atoms with Crippen molar-refractivity contribution < 1.29 is 81.8 Å². The zero-order valence-corrected chi connectivity index (χ0v) is 73.5. The van der Waals surface area contributed by atoms with Crippen LogP contribution in [0.4, 0.5) is 0 Å². The van der Waals surface area contributed by atoms with E-state index >= 15 is 0 Å². The molecule has 10 aromatic carbocycles. The van der Waals surface area contributed by atoms with Gasteiger partial charge >= 0.3 is 63.2 Å². The van der Waals surface area contributed by atoms with Crippen molar-refractivity contribution in [2.75, 3.05) is 0 Å². The van der Waals surface area contributed by atoms with Gasteiger partial charge in [0.15, 0.2) is 0 Å². The summed E-state index contributed by atoms with van der Waals surface area (Å²) in [6.07, 6.45) is 19.2. The number of ether oxygens (including phenoxy) is 3. The minimum Gasteiger partial charge on any atom is -0.456 e. The van der Waals surface area contributed by atoms with E-state index in [1.165, 1.54) is 119 Å². The molecule has 20 rings (SSSR count). The average Bonchev–Trinajstić information content (AvgIpc) is 1.65. The van der Waals surface area contributed by atoms with E-state index < -0.39 is 0 Å². The Kier molecular flexibility index (Phi) is 28.7. The number of aromatic nitrogens is 6. The Morgan fingerprint density at radius 1 is 0.223 bits per heavy atom. The number of nitrogens with zero attached hydrogens (tertiary/aromatic N) is 6. The molecule has 7 aromatic heterocycles. The second-order valence-electron chi connectivity index (χ2n) is 30.6. The topological polar surface area (TPSA) is 118 Å². The number of hydrogen-bond donors (Lipinski definition) is 0. The molecule has 13 heteroatoms. The van der Waals surface area contributed by atoms with Gasteiger partial charge in [-0.05, 0) is 160 Å². The standard InChI is InChI=1S/C40H24N2O2.C34H34N2O.C34H28N2O.3Pt/c1-3-11-27(12-4-1)29-15-9-16-31(23-29)35-18-10-20-39(41-35)44-40-26-32(24-36(42-40)28-13-5-2-6-14-28)30-21-22-34-33-17-7-8-19-37(33)43-38(34)25-30;2*1-4-12-25(13-5-1)28-18-10-19-29(22-28)31-20-11-21-33(35-31)37-34-24-30(26-14-6-2-7-15-26)23-32(36-34)27-16-8-3-9-17-27;;;/h1-13,15,17-26H;3,8-11,16,18,20-26H,1-2,4-7,12-15H2;1,3-5,8-13,16,18,20-24,26H,2,6-7,14-15H2;;;/q3*-2;3*+2. The predicted octanol–water partition coefficient (Wildman–Crippen LogP) is 28.6. The summed E-state index contributed by atoms with van der Waals surface area (Å²) < 4.78 is 25.2. The summed E-state index contributed by atoms with van der Waals surface area (Å²) in [6.45, 7) is 0. The molecule has 3 aliphatic carbocycles. The maximum Gasteiger partial charge on any atom is 2.00 e. The van der Waals surface area contributed by atoms with Crippen molar-refractivity contribution in [2.24, 2.45) is 0 Å². The normalized spacial score (nSPS) is 13.5. The predicted molar refractivity (Wildman–Crippen MR) is 472 cm³/mol. The third-order valence-corrected chi connectivity index (χ3v) is 22.6. The second-order valence-corrected chi connectivity index (χ2v) is 30.6. The zero-order valence-electron chi connectivity index (χ0n) is 66.7. The summed E-state index contributed by atoms with van der Waals surface area (Å²) in [5.41, 5.74) is 22.9. The minimum atomic E-state index is 0. The third kappa shape index (κ3) is 21.2. The minimum absolute atomic E-state index is 0. The van der Waals surface area contributed by atoms with E-state index in [1.807, 2.05) is 200 Å². The van der Waals surface area contributed by atoms with Gasteiger partial charge < -0.3 is 18.6 Å². The van der Waals surface area contributed by atoms with Crippen molar-refractivity contribution in [3.8, 4) is 136 Å². The maximum atomic E-state index is 6.34. The van der Waals surface area contributed by atoms with Gasteiger partial charge in [0.2, 0.25) is 35.3 Å². The number of para-hydroxylation sites is 1. The molecule has 0 amide bonds. The maximum absolute atomic E-state index is 6.34. The van der Waals surface area contributed by atoms with Crippen molar-refractivity contribution in [1.82, 2.24) is 29.9 Å². The molecular weight excluding hydrogens is 2030 g/mol. The fourth-order valence-electron chi connectivity index (χ4n) is 16.6. The van der Waals surface area contributed by atoms with Crippen molar-refractivity contribution in [1.29, 1.82) is 0 Å². The van der Waals surface area contributed by atoms with E-state index in [9.17, 15) is 0 Å². The summed E-state index contributed by atoms with van der Waals surface area (Å²) in [6, 6.07) is 128. The Hall–Kier alpha value is -11.6. The van der Waals surface area contributed by atoms with Crippen LogP contribution in [0.2, 0.25) is 0 Å². The van der Waals surface area contributed by atoms with Gasteiger partial charge in [0.1, 0.15) is 11.2 Å². The van der Waals surface area contributed by atoms with E-state index in [2.05, 4.69) is 158 Å². The Bertz CT molecular complexity index is 6260. The monoisotopic (exact) mass is 2120 g/mol. The van der Waals surface area contributed by atoms with E-state index in [0.29, 0.717) is 53.0 Å². The first kappa shape index (κ1) is 84.4. The first-order valence-electron chi connectivity index (χ1n) is 41.4. The van der Waals surface area contributed by atoms with Gasteiger partial charge in [-0.25, -0.2) is 0 Å². The Labute approximate surface area is 752 Å². The van der Waals surface area contributed by atoms with Crippen molar-refractivity contribution in [2.45, 2.75) is 114 Å². The molecule has 3 saturated carbocycles. The Morgan fingerprint density at radius 2 is 0.595 bits per heavy atom. The molecule has 0 spiro atoms. The average molecular weight is 2120 g/mol. The summed E-state index contributed by atoms with van der Waals surface area (Å²) in [7, 11) is 0. The SMILES string of the molecule is [Pt+2].[Pt+2].[Pt+2].[c-]1ccccc1-c1cc(-c2ccc3c(c2)oc2ccccc23)cc(Oc2cccc(-c3[c-]ccc(-c4ccccc4)c3)n2)n1.[c-]1ccccc1-c1cc(C2CCCCC2)cc(Oc2cccc(-c3[c-]ccc(-c4ccccc4)c3)n2)n1.[c-]1ccccc1-c1cc(C2CCCCC2)cc(Oc2cccc(-c3[c-]ccc(C4CCCCC4)c3)n2)n1. The van der Waals surface area contributed by atoms with Crippen molar-refractivity contribution in [3.63, 3.8) is 0 Å². The molecule has 602 valence electrons. The van der Waals surface area contributed by atoms with Gasteiger partial charge in [0.05, 0.1) is 0 Å². The van der Waals surface area contributed by atoms with Crippen LogP contribution in [0.1, 0.15) is 131 Å². The van der Waals surface area contributed by atoms with E-state index in [4.69, 9.17) is 48.5 Å². The van der Waals surface area contributed by atoms with E-state index in [1.54, 1.807) is 0 Å². The zero-order chi connectivity index (χ0) is 79.0. The molecular formula is C108H86N6O4Pt3. The molecule has 0 radical (unpaired) electrons. The molecule has 7 heterocycles. The molecule has 0 unspecified atom stereocenters. The van der Waals surface area contributed by atoms with Crippen LogP contribution < -0.4 is 14.2 Å². The molecule has 0 saturated heterocycles. The smallest absolute Gasteiger partial charge is 0.456 e. The second kappa shape index (κ2) is 41.1. The molecule has 17 aromatic rings. The fourth-order valence-corrected chi connectivity index (χ4v) is 16.6. The number of pyridine rings is 6. The molecule has 0 bridgehead atoms. The fraction of sp³-hybridized carbons (Fsp3) is 0.167. The van der Waals surface area contributed by atoms with Gasteiger partial charge in [-0.15, -0.1) is 214 Å². The van der Waals surface area contributed by atoms with Gasteiger partial charge in [-0.3, -0.25) is 29.9 Å². The molecule has 3 aliphatic rings. The molecule has 0 atom stereocenters. The van der Waals surface area contributed by atoms with Gasteiger partial charge in [0.25, 0.3) is 0 Å². The summed E-state index contributed by atoms with van der Waals surface area (Å²) in [5.74, 6) is 4.88. The molecule has 10 nitrogen and oxygen atoms in total. The number of benzene rings is 10. The summed E-state index contributed by atoms with van der Waals surface area (Å²) >= 11 is 0. The van der Waals surface area contributed by atoms with Crippen LogP contribution in [0.3, 0.4) is 0 Å². The van der Waals surface area contributed by atoms with Gasteiger partial charge in [-0.2, -0.15) is 0 Å². The van der Waals surface area contributed by atoms with Crippen molar-refractivity contribution >= 4 is 21.9 Å². The van der Waals surface area contributed by atoms with Crippen LogP contribution in [0, 0.1) is 36.4 Å². The van der Waals surface area contributed by atoms with E-state index in [0.717, 1.165) is 117 Å². The summed E-state index contributed by atoms with van der Waals surface area (Å²) in [4.78, 5) is 29.1. The van der Waals surface area contributed by atoms with Crippen LogP contribution in [0.5, 0.6) is 35.3 Å². The molecule has 3 fully saturated rings. The largest absolute Gasteiger partial charge is 2.00 e. The summed E-state index contributed by atoms with van der Waals surface area (Å²) in [5, 5.41) is 2.19. The van der Waals surface area contributed by atoms with Crippen LogP contribution in [-0.4, -0.2) is 29.9 Å². The van der Waals surface area contributed by atoms with Crippen LogP contribution in [0.15, 0.2) is 326 Å². The number of fused-ring (bicyclic) bond motifs is 3.